The summed E-state index contributed by atoms with van der Waals surface area (Å²) in [7, 11) is 0. The van der Waals surface area contributed by atoms with Gasteiger partial charge in [0, 0.05) is 47.7 Å². The van der Waals surface area contributed by atoms with Gasteiger partial charge in [0.05, 0.1) is 0 Å². The third kappa shape index (κ3) is 5.18. The van der Waals surface area contributed by atoms with Gasteiger partial charge in [0.15, 0.2) is 0 Å². The van der Waals surface area contributed by atoms with E-state index in [0.717, 1.165) is 39.0 Å². The van der Waals surface area contributed by atoms with Crippen molar-refractivity contribution in [2.24, 2.45) is 0 Å². The van der Waals surface area contributed by atoms with Crippen molar-refractivity contribution < 1.29 is 0 Å². The summed E-state index contributed by atoms with van der Waals surface area (Å²) in [6, 6.07) is 4.53. The second-order valence-electron chi connectivity index (χ2n) is 10.0. The summed E-state index contributed by atoms with van der Waals surface area (Å²) in [5.74, 6) is 0. The highest BCUT2D eigenvalue weighted by molar-refractivity contribution is 5.32. The summed E-state index contributed by atoms with van der Waals surface area (Å²) in [6.07, 6.45) is 6.34. The molecule has 0 radical (unpaired) electrons. The first-order valence-corrected chi connectivity index (χ1v) is 10.5. The predicted octanol–water partition coefficient (Wildman–Crippen LogP) is 4.05. The van der Waals surface area contributed by atoms with Gasteiger partial charge in [-0.15, -0.1) is 0 Å². The van der Waals surface area contributed by atoms with Crippen molar-refractivity contribution in [1.29, 1.82) is 0 Å². The molecule has 4 heteroatoms. The Balaban J connectivity index is 0.000000161. The molecule has 28 heavy (non-hydrogen) atoms. The molecule has 4 rings (SSSR count). The lowest BCUT2D eigenvalue weighted by atomic mass is 9.89. The summed E-state index contributed by atoms with van der Waals surface area (Å²) in [6.45, 7) is 17.4. The Kier molecular flexibility index (Phi) is 6.21. The fraction of sp³-hybridized carbons (Fsp3) is 0.583. The summed E-state index contributed by atoms with van der Waals surface area (Å²) in [4.78, 5) is 9.06. The van der Waals surface area contributed by atoms with Crippen LogP contribution in [0.1, 0.15) is 75.2 Å². The quantitative estimate of drug-likeness (QED) is 0.724. The Morgan fingerprint density at radius 2 is 1.11 bits per heavy atom. The highest BCUT2D eigenvalue weighted by Crippen LogP contribution is 2.24. The van der Waals surface area contributed by atoms with Crippen molar-refractivity contribution in [1.82, 2.24) is 20.6 Å². The van der Waals surface area contributed by atoms with Gasteiger partial charge in [-0.05, 0) is 60.3 Å². The predicted molar refractivity (Wildman–Crippen MR) is 117 cm³/mol. The first-order chi connectivity index (χ1) is 13.1. The molecule has 2 aromatic heterocycles. The minimum absolute atomic E-state index is 0.159. The maximum Gasteiger partial charge on any atom is 0.0460 e. The Morgan fingerprint density at radius 1 is 0.643 bits per heavy atom. The van der Waals surface area contributed by atoms with Gasteiger partial charge in [0.1, 0.15) is 0 Å². The van der Waals surface area contributed by atoms with Crippen LogP contribution in [-0.2, 0) is 36.8 Å². The first kappa shape index (κ1) is 20.9. The maximum atomic E-state index is 4.54. The van der Waals surface area contributed by atoms with Gasteiger partial charge in [-0.3, -0.25) is 9.97 Å². The van der Waals surface area contributed by atoms with Crippen molar-refractivity contribution in [2.75, 3.05) is 13.1 Å². The van der Waals surface area contributed by atoms with E-state index in [-0.39, 0.29) is 10.8 Å². The second-order valence-corrected chi connectivity index (χ2v) is 10.0. The molecule has 0 atom stereocenters. The minimum Gasteiger partial charge on any atom is -0.312 e. The average Bonchev–Trinajstić information content (AvgIpc) is 2.66. The topological polar surface area (TPSA) is 49.8 Å². The molecule has 0 saturated heterocycles. The van der Waals surface area contributed by atoms with E-state index in [1.54, 1.807) is 0 Å². The van der Waals surface area contributed by atoms with Crippen LogP contribution in [0, 0.1) is 0 Å². The van der Waals surface area contributed by atoms with Crippen LogP contribution in [0.15, 0.2) is 24.5 Å². The van der Waals surface area contributed by atoms with Gasteiger partial charge in [0.25, 0.3) is 0 Å². The van der Waals surface area contributed by atoms with Crippen molar-refractivity contribution in [3.05, 3.63) is 58.2 Å². The van der Waals surface area contributed by atoms with Crippen LogP contribution >= 0.6 is 0 Å². The molecule has 2 aliphatic rings. The van der Waals surface area contributed by atoms with Crippen LogP contribution in [0.4, 0.5) is 0 Å². The van der Waals surface area contributed by atoms with Crippen LogP contribution < -0.4 is 10.6 Å². The van der Waals surface area contributed by atoms with E-state index in [9.17, 15) is 0 Å². The molecule has 2 aliphatic heterocycles. The lowest BCUT2D eigenvalue weighted by Crippen LogP contribution is -2.25. The second kappa shape index (κ2) is 8.30. The molecule has 0 fully saturated rings. The number of nitrogens with zero attached hydrogens (tertiary/aromatic N) is 2. The van der Waals surface area contributed by atoms with Crippen molar-refractivity contribution in [3.63, 3.8) is 0 Å². The van der Waals surface area contributed by atoms with Gasteiger partial charge in [-0.1, -0.05) is 41.5 Å². The molecule has 2 aromatic rings. The smallest absolute Gasteiger partial charge is 0.0460 e. The largest absolute Gasteiger partial charge is 0.312 e. The standard InChI is InChI=1S/2C12H18N2/c1-12(2,3)11-6-10-7-13-5-4-9(10)8-14-11;1-12(2,3)11-6-9-4-5-13-7-10(9)8-14-11/h2*6,8,13H,4-5,7H2,1-3H3. The fourth-order valence-corrected chi connectivity index (χ4v) is 3.54. The zero-order valence-electron chi connectivity index (χ0n) is 18.4. The molecule has 0 aromatic carbocycles. The van der Waals surface area contributed by atoms with Crippen LogP contribution in [0.3, 0.4) is 0 Å². The number of hydrogen-bond donors (Lipinski definition) is 2. The summed E-state index contributed by atoms with van der Waals surface area (Å²) >= 11 is 0. The Morgan fingerprint density at radius 3 is 1.68 bits per heavy atom. The minimum atomic E-state index is 0.159. The van der Waals surface area contributed by atoms with E-state index in [1.807, 2.05) is 6.20 Å². The van der Waals surface area contributed by atoms with E-state index >= 15 is 0 Å². The molecule has 0 spiro atoms. The number of pyridine rings is 2. The number of hydrogen-bond acceptors (Lipinski definition) is 4. The van der Waals surface area contributed by atoms with E-state index in [2.05, 4.69) is 80.5 Å². The van der Waals surface area contributed by atoms with Crippen molar-refractivity contribution in [2.45, 2.75) is 78.3 Å². The van der Waals surface area contributed by atoms with Crippen LogP contribution in [-0.4, -0.2) is 23.1 Å². The van der Waals surface area contributed by atoms with Crippen molar-refractivity contribution >= 4 is 0 Å². The maximum absolute atomic E-state index is 4.54. The SMILES string of the molecule is CC(C)(C)c1cc2c(cn1)CCNC2.CC(C)(C)c1cc2c(cn1)CNCC2. The number of rotatable bonds is 0. The average molecular weight is 381 g/mol. The molecule has 0 bridgehead atoms. The van der Waals surface area contributed by atoms with Gasteiger partial charge in [-0.25, -0.2) is 0 Å². The van der Waals surface area contributed by atoms with E-state index in [1.165, 1.54) is 33.6 Å². The highest BCUT2D eigenvalue weighted by Gasteiger charge is 2.19. The van der Waals surface area contributed by atoms with Crippen LogP contribution in [0.5, 0.6) is 0 Å². The lowest BCUT2D eigenvalue weighted by molar-refractivity contribution is 0.560. The number of nitrogens with one attached hydrogen (secondary N) is 2. The summed E-state index contributed by atoms with van der Waals surface area (Å²) in [5.41, 5.74) is 8.41. The molecule has 0 amide bonds. The number of aromatic nitrogens is 2. The fourth-order valence-electron chi connectivity index (χ4n) is 3.54. The monoisotopic (exact) mass is 380 g/mol. The molecule has 0 aliphatic carbocycles. The van der Waals surface area contributed by atoms with E-state index in [0.29, 0.717) is 0 Å². The normalized spacial score (nSPS) is 16.5. The van der Waals surface area contributed by atoms with Crippen LogP contribution in [0.25, 0.3) is 0 Å². The highest BCUT2D eigenvalue weighted by atomic mass is 14.9. The van der Waals surface area contributed by atoms with Gasteiger partial charge >= 0.3 is 0 Å². The third-order valence-corrected chi connectivity index (χ3v) is 5.48. The molecule has 4 nitrogen and oxygen atoms in total. The van der Waals surface area contributed by atoms with Crippen LogP contribution in [0.2, 0.25) is 0 Å². The van der Waals surface area contributed by atoms with Gasteiger partial charge in [-0.2, -0.15) is 0 Å². The van der Waals surface area contributed by atoms with Gasteiger partial charge < -0.3 is 10.6 Å². The molecule has 0 saturated carbocycles. The van der Waals surface area contributed by atoms with Gasteiger partial charge in [0.2, 0.25) is 0 Å². The lowest BCUT2D eigenvalue weighted by Gasteiger charge is -2.22. The first-order valence-electron chi connectivity index (χ1n) is 10.5. The van der Waals surface area contributed by atoms with Crippen molar-refractivity contribution in [3.8, 4) is 0 Å². The molecule has 4 heterocycles. The summed E-state index contributed by atoms with van der Waals surface area (Å²) < 4.78 is 0. The molecule has 2 N–H and O–H groups in total. The molecule has 152 valence electrons. The van der Waals surface area contributed by atoms with E-state index in [4.69, 9.17) is 0 Å². The summed E-state index contributed by atoms with van der Waals surface area (Å²) in [5, 5.41) is 6.75. The Bertz CT molecular complexity index is 743. The molecular weight excluding hydrogens is 344 g/mol. The zero-order chi connectivity index (χ0) is 20.4. The zero-order valence-corrected chi connectivity index (χ0v) is 18.4. The Labute approximate surface area is 170 Å². The molecule has 0 unspecified atom stereocenters. The number of fused-ring (bicyclic) bond motifs is 2. The third-order valence-electron chi connectivity index (χ3n) is 5.48. The molecular formula is C24H36N4. The Hall–Kier alpha value is -1.78. The van der Waals surface area contributed by atoms with E-state index < -0.39 is 0 Å².